The van der Waals surface area contributed by atoms with E-state index in [1.54, 1.807) is 0 Å². The van der Waals surface area contributed by atoms with Crippen molar-refractivity contribution in [2.75, 3.05) is 13.1 Å². The smallest absolute Gasteiger partial charge is 0.314 e. The minimum absolute atomic E-state index is 0.0791. The minimum Gasteiger partial charge on any atom is -0.338 e. The summed E-state index contributed by atoms with van der Waals surface area (Å²) in [6.45, 7) is 6.41. The topological polar surface area (TPSA) is 59.0 Å². The lowest BCUT2D eigenvalue weighted by atomic mass is 10.1. The summed E-state index contributed by atoms with van der Waals surface area (Å²) in [4.78, 5) is 11.5. The highest BCUT2D eigenvalue weighted by Crippen LogP contribution is 2.17. The highest BCUT2D eigenvalue weighted by molar-refractivity contribution is 5.81. The number of nitrogens with one attached hydrogen (secondary N) is 2. The number of carbonyl (C=O) groups is 1. The van der Waals surface area contributed by atoms with E-state index in [2.05, 4.69) is 47.8 Å². The molecule has 1 heterocycles. The van der Waals surface area contributed by atoms with Crippen molar-refractivity contribution >= 4 is 16.9 Å². The van der Waals surface area contributed by atoms with Gasteiger partial charge >= 0.3 is 6.03 Å². The fourth-order valence-electron chi connectivity index (χ4n) is 2.30. The maximum Gasteiger partial charge on any atom is 0.314 e. The second-order valence-corrected chi connectivity index (χ2v) is 5.27. The van der Waals surface area contributed by atoms with Crippen LogP contribution < -0.4 is 10.6 Å². The molecule has 0 aliphatic rings. The summed E-state index contributed by atoms with van der Waals surface area (Å²) < 4.78 is 2.00. The molecule has 0 spiro atoms. The van der Waals surface area contributed by atoms with Crippen molar-refractivity contribution in [2.24, 2.45) is 0 Å². The Morgan fingerprint density at radius 3 is 2.76 bits per heavy atom. The zero-order chi connectivity index (χ0) is 15.1. The van der Waals surface area contributed by atoms with Crippen LogP contribution in [0.3, 0.4) is 0 Å². The van der Waals surface area contributed by atoms with Crippen LogP contribution in [0, 0.1) is 6.92 Å². The van der Waals surface area contributed by atoms with E-state index in [1.165, 1.54) is 10.9 Å². The van der Waals surface area contributed by atoms with Crippen molar-refractivity contribution in [3.05, 3.63) is 30.0 Å². The molecular weight excluding hydrogens is 264 g/mol. The Morgan fingerprint density at radius 2 is 2.00 bits per heavy atom. The van der Waals surface area contributed by atoms with Crippen LogP contribution in [0.4, 0.5) is 4.79 Å². The quantitative estimate of drug-likeness (QED) is 0.770. The van der Waals surface area contributed by atoms with E-state index in [0.29, 0.717) is 6.54 Å². The first kappa shape index (κ1) is 15.4. The van der Waals surface area contributed by atoms with Gasteiger partial charge in [-0.2, -0.15) is 5.10 Å². The zero-order valence-corrected chi connectivity index (χ0v) is 12.9. The molecular formula is C16H24N4O. The molecule has 2 N–H and O–H groups in total. The molecule has 0 unspecified atom stereocenters. The molecule has 2 aromatic rings. The van der Waals surface area contributed by atoms with Gasteiger partial charge in [-0.3, -0.25) is 4.68 Å². The number of fused-ring (bicyclic) bond motifs is 1. The largest absolute Gasteiger partial charge is 0.338 e. The number of nitrogens with zero attached hydrogens (tertiary/aromatic N) is 2. The highest BCUT2D eigenvalue weighted by Gasteiger charge is 2.04. The van der Waals surface area contributed by atoms with Gasteiger partial charge in [0.1, 0.15) is 0 Å². The van der Waals surface area contributed by atoms with E-state index >= 15 is 0 Å². The number of amides is 2. The number of unbranched alkanes of at least 4 members (excludes halogenated alkanes) is 1. The first-order chi connectivity index (χ1) is 10.2. The summed E-state index contributed by atoms with van der Waals surface area (Å²) in [5.74, 6) is 0. The first-order valence-corrected chi connectivity index (χ1v) is 7.65. The lowest BCUT2D eigenvalue weighted by Gasteiger charge is -2.07. The molecule has 0 saturated heterocycles. The Bertz CT molecular complexity index is 591. The molecule has 0 radical (unpaired) electrons. The normalized spacial score (nSPS) is 10.8. The molecule has 5 heteroatoms. The van der Waals surface area contributed by atoms with Crippen molar-refractivity contribution in [1.82, 2.24) is 20.4 Å². The first-order valence-electron chi connectivity index (χ1n) is 7.65. The van der Waals surface area contributed by atoms with Crippen LogP contribution in [0.15, 0.2) is 24.4 Å². The van der Waals surface area contributed by atoms with Gasteiger partial charge in [-0.1, -0.05) is 25.5 Å². The van der Waals surface area contributed by atoms with E-state index < -0.39 is 0 Å². The highest BCUT2D eigenvalue weighted by atomic mass is 16.2. The monoisotopic (exact) mass is 288 g/mol. The molecule has 21 heavy (non-hydrogen) atoms. The predicted molar refractivity (Wildman–Crippen MR) is 85.4 cm³/mol. The van der Waals surface area contributed by atoms with E-state index in [9.17, 15) is 4.79 Å². The maximum absolute atomic E-state index is 11.5. The van der Waals surface area contributed by atoms with Gasteiger partial charge < -0.3 is 10.6 Å². The predicted octanol–water partition coefficient (Wildman–Crippen LogP) is 2.83. The van der Waals surface area contributed by atoms with Crippen LogP contribution >= 0.6 is 0 Å². The van der Waals surface area contributed by atoms with Gasteiger partial charge in [0, 0.05) is 25.0 Å². The van der Waals surface area contributed by atoms with Crippen molar-refractivity contribution in [2.45, 2.75) is 39.7 Å². The Labute approximate surface area is 125 Å². The second kappa shape index (κ2) is 7.67. The number of hydrogen-bond donors (Lipinski definition) is 2. The molecule has 1 aromatic carbocycles. The molecule has 0 fully saturated rings. The zero-order valence-electron chi connectivity index (χ0n) is 12.9. The van der Waals surface area contributed by atoms with Crippen molar-refractivity contribution in [3.63, 3.8) is 0 Å². The van der Waals surface area contributed by atoms with Crippen molar-refractivity contribution < 1.29 is 4.79 Å². The van der Waals surface area contributed by atoms with Gasteiger partial charge in [0.2, 0.25) is 0 Å². The summed E-state index contributed by atoms with van der Waals surface area (Å²) in [7, 11) is 0. The van der Waals surface area contributed by atoms with E-state index in [4.69, 9.17) is 0 Å². The molecule has 114 valence electrons. The molecule has 0 saturated carbocycles. The average Bonchev–Trinajstić information content (AvgIpc) is 2.89. The number of benzene rings is 1. The third kappa shape index (κ3) is 4.21. The van der Waals surface area contributed by atoms with Gasteiger partial charge in [0.05, 0.1) is 11.7 Å². The van der Waals surface area contributed by atoms with E-state index in [0.717, 1.165) is 37.9 Å². The van der Waals surface area contributed by atoms with Crippen LogP contribution in [-0.4, -0.2) is 28.9 Å². The van der Waals surface area contributed by atoms with Crippen LogP contribution in [0.25, 0.3) is 10.9 Å². The molecule has 1 aromatic heterocycles. The Kier molecular flexibility index (Phi) is 5.60. The summed E-state index contributed by atoms with van der Waals surface area (Å²) >= 11 is 0. The Balaban J connectivity index is 1.75. The number of urea groups is 1. The third-order valence-electron chi connectivity index (χ3n) is 3.55. The average molecular weight is 288 g/mol. The molecule has 2 rings (SSSR count). The SMILES string of the molecule is CCCCNC(=O)NCCCn1ncc2c(C)cccc21. The van der Waals surface area contributed by atoms with Crippen molar-refractivity contribution in [1.29, 1.82) is 0 Å². The lowest BCUT2D eigenvalue weighted by Crippen LogP contribution is -2.36. The third-order valence-corrected chi connectivity index (χ3v) is 3.55. The molecule has 5 nitrogen and oxygen atoms in total. The van der Waals surface area contributed by atoms with Gasteiger partial charge in [-0.25, -0.2) is 4.79 Å². The summed E-state index contributed by atoms with van der Waals surface area (Å²) in [6.07, 6.45) is 4.89. The molecule has 0 atom stereocenters. The number of aryl methyl sites for hydroxylation is 2. The molecule has 2 amide bonds. The summed E-state index contributed by atoms with van der Waals surface area (Å²) in [5.41, 5.74) is 2.40. The van der Waals surface area contributed by atoms with Crippen LogP contribution in [0.5, 0.6) is 0 Å². The Hall–Kier alpha value is -2.04. The number of hydrogen-bond acceptors (Lipinski definition) is 2. The van der Waals surface area contributed by atoms with Gasteiger partial charge in [-0.05, 0) is 31.4 Å². The minimum atomic E-state index is -0.0791. The van der Waals surface area contributed by atoms with Gasteiger partial charge in [0.25, 0.3) is 0 Å². The fraction of sp³-hybridized carbons (Fsp3) is 0.500. The van der Waals surface area contributed by atoms with Crippen LogP contribution in [-0.2, 0) is 6.54 Å². The summed E-state index contributed by atoms with van der Waals surface area (Å²) in [5, 5.41) is 11.3. The molecule has 0 aliphatic carbocycles. The summed E-state index contributed by atoms with van der Waals surface area (Å²) in [6, 6.07) is 6.15. The fourth-order valence-corrected chi connectivity index (χ4v) is 2.30. The van der Waals surface area contributed by atoms with E-state index in [1.807, 2.05) is 10.9 Å². The van der Waals surface area contributed by atoms with Gasteiger partial charge in [-0.15, -0.1) is 0 Å². The van der Waals surface area contributed by atoms with E-state index in [-0.39, 0.29) is 6.03 Å². The second-order valence-electron chi connectivity index (χ2n) is 5.27. The number of rotatable bonds is 7. The molecule has 0 bridgehead atoms. The molecule has 0 aliphatic heterocycles. The standard InChI is InChI=1S/C16H24N4O/c1-3-4-9-17-16(21)18-10-6-11-20-15-8-5-7-13(2)14(15)12-19-20/h5,7-8,12H,3-4,6,9-11H2,1-2H3,(H2,17,18,21). The Morgan fingerprint density at radius 1 is 1.24 bits per heavy atom. The lowest BCUT2D eigenvalue weighted by molar-refractivity contribution is 0.240. The van der Waals surface area contributed by atoms with Crippen LogP contribution in [0.1, 0.15) is 31.7 Å². The van der Waals surface area contributed by atoms with Crippen LogP contribution in [0.2, 0.25) is 0 Å². The van der Waals surface area contributed by atoms with Crippen molar-refractivity contribution in [3.8, 4) is 0 Å². The number of carbonyl (C=O) groups excluding carboxylic acids is 1. The number of aromatic nitrogens is 2. The van der Waals surface area contributed by atoms with Gasteiger partial charge in [0.15, 0.2) is 0 Å². The maximum atomic E-state index is 11.5.